The minimum Gasteiger partial charge on any atom is -0.480 e. The van der Waals surface area contributed by atoms with Gasteiger partial charge in [-0.15, -0.1) is 0 Å². The molecule has 0 spiro atoms. The quantitative estimate of drug-likeness (QED) is 0.452. The molecular formula is C24H25N5O2S. The maximum Gasteiger partial charge on any atom is 0.238 e. The van der Waals surface area contributed by atoms with Gasteiger partial charge in [0.2, 0.25) is 5.88 Å². The minimum absolute atomic E-state index is 0.519. The Hall–Kier alpha value is -3.28. The van der Waals surface area contributed by atoms with E-state index in [1.807, 2.05) is 36.4 Å². The molecule has 0 aliphatic carbocycles. The van der Waals surface area contributed by atoms with E-state index in [0.29, 0.717) is 19.1 Å². The summed E-state index contributed by atoms with van der Waals surface area (Å²) in [6.45, 7) is 5.05. The number of rotatable bonds is 6. The fourth-order valence-corrected chi connectivity index (χ4v) is 3.98. The number of nitrogens with zero attached hydrogens (tertiary/aromatic N) is 4. The molecule has 164 valence electrons. The molecule has 1 saturated heterocycles. The zero-order chi connectivity index (χ0) is 22.2. The average Bonchev–Trinajstić information content (AvgIpc) is 2.87. The number of ether oxygens (including phenoxy) is 2. The summed E-state index contributed by atoms with van der Waals surface area (Å²) in [5.41, 5.74) is 3.34. The Balaban J connectivity index is 1.62. The van der Waals surface area contributed by atoms with E-state index in [0.717, 1.165) is 52.7 Å². The number of aryl methyl sites for hydroxylation is 1. The fourth-order valence-electron chi connectivity index (χ4n) is 3.32. The lowest BCUT2D eigenvalue weighted by molar-refractivity contribution is 0.122. The Morgan fingerprint density at radius 2 is 1.94 bits per heavy atom. The molecule has 0 bridgehead atoms. The van der Waals surface area contributed by atoms with Gasteiger partial charge in [-0.25, -0.2) is 15.0 Å². The summed E-state index contributed by atoms with van der Waals surface area (Å²) >= 11 is 1.50. The summed E-state index contributed by atoms with van der Waals surface area (Å²) in [7, 11) is 1.61. The number of aromatic nitrogens is 3. The first-order chi connectivity index (χ1) is 15.8. The van der Waals surface area contributed by atoms with E-state index in [9.17, 15) is 0 Å². The van der Waals surface area contributed by atoms with E-state index in [-0.39, 0.29) is 0 Å². The number of anilines is 2. The first-order valence-electron chi connectivity index (χ1n) is 10.5. The Morgan fingerprint density at radius 1 is 1.12 bits per heavy atom. The number of morpholine rings is 1. The van der Waals surface area contributed by atoms with Crippen LogP contribution in [0.1, 0.15) is 23.7 Å². The molecule has 1 aliphatic heterocycles. The topological polar surface area (TPSA) is 72.4 Å². The molecule has 1 aromatic carbocycles. The highest BCUT2D eigenvalue weighted by Crippen LogP contribution is 2.28. The van der Waals surface area contributed by atoms with Crippen molar-refractivity contribution in [1.82, 2.24) is 15.0 Å². The van der Waals surface area contributed by atoms with Crippen LogP contribution in [0.25, 0.3) is 0 Å². The van der Waals surface area contributed by atoms with Crippen LogP contribution in [0.3, 0.4) is 0 Å². The van der Waals surface area contributed by atoms with Gasteiger partial charge in [-0.05, 0) is 36.6 Å². The van der Waals surface area contributed by atoms with E-state index in [1.54, 1.807) is 19.6 Å². The summed E-state index contributed by atoms with van der Waals surface area (Å²) in [6.07, 6.45) is 4.12. The first-order valence-corrected chi connectivity index (χ1v) is 11.3. The maximum atomic E-state index is 5.49. The molecular weight excluding hydrogens is 422 g/mol. The molecule has 0 amide bonds. The second-order valence-corrected chi connectivity index (χ2v) is 7.90. The number of pyridine rings is 1. The predicted octanol–water partition coefficient (Wildman–Crippen LogP) is 3.80. The summed E-state index contributed by atoms with van der Waals surface area (Å²) in [5, 5.41) is 0. The standard InChI is InChI=1S/C24H25N5O2S/c1-3-21-20(23(27-17-26-21)29-11-13-31-14-12-29)10-9-18-15-22(24(30-2)25-16-18)28-32-19-7-5-4-6-8-19/h4-8,15-17,28H,3,11-14H2,1-2H3. The second kappa shape index (κ2) is 10.8. The summed E-state index contributed by atoms with van der Waals surface area (Å²) < 4.78 is 14.2. The lowest BCUT2D eigenvalue weighted by Crippen LogP contribution is -2.37. The molecule has 7 nitrogen and oxygen atoms in total. The maximum absolute atomic E-state index is 5.49. The van der Waals surface area contributed by atoms with Gasteiger partial charge >= 0.3 is 0 Å². The Morgan fingerprint density at radius 3 is 2.69 bits per heavy atom. The van der Waals surface area contributed by atoms with E-state index < -0.39 is 0 Å². The van der Waals surface area contributed by atoms with Gasteiger partial charge in [0.1, 0.15) is 17.8 Å². The molecule has 0 unspecified atom stereocenters. The van der Waals surface area contributed by atoms with Crippen molar-refractivity contribution < 1.29 is 9.47 Å². The first kappa shape index (κ1) is 21.9. The molecule has 4 rings (SSSR count). The monoisotopic (exact) mass is 447 g/mol. The zero-order valence-corrected chi connectivity index (χ0v) is 19.0. The molecule has 1 aliphatic rings. The molecule has 0 radical (unpaired) electrons. The van der Waals surface area contributed by atoms with Crippen LogP contribution in [0.4, 0.5) is 11.5 Å². The van der Waals surface area contributed by atoms with Gasteiger partial charge in [0.15, 0.2) is 0 Å². The smallest absolute Gasteiger partial charge is 0.238 e. The van der Waals surface area contributed by atoms with Gasteiger partial charge in [-0.2, -0.15) is 0 Å². The van der Waals surface area contributed by atoms with Crippen molar-refractivity contribution in [2.75, 3.05) is 43.0 Å². The average molecular weight is 448 g/mol. The molecule has 1 N–H and O–H groups in total. The van der Waals surface area contributed by atoms with Gasteiger partial charge in [0.05, 0.1) is 31.6 Å². The largest absolute Gasteiger partial charge is 0.480 e. The normalized spacial score (nSPS) is 13.2. The van der Waals surface area contributed by atoms with Crippen LogP contribution < -0.4 is 14.4 Å². The van der Waals surface area contributed by atoms with Crippen LogP contribution in [0.2, 0.25) is 0 Å². The van der Waals surface area contributed by atoms with Crippen LogP contribution in [-0.4, -0.2) is 48.4 Å². The predicted molar refractivity (Wildman–Crippen MR) is 127 cm³/mol. The number of nitrogens with one attached hydrogen (secondary N) is 1. The SMILES string of the molecule is CCc1ncnc(N2CCOCC2)c1C#Cc1cnc(OC)c(NSc2ccccc2)c1. The van der Waals surface area contributed by atoms with Crippen molar-refractivity contribution >= 4 is 23.5 Å². The van der Waals surface area contributed by atoms with Crippen LogP contribution in [-0.2, 0) is 11.2 Å². The van der Waals surface area contributed by atoms with Gasteiger partial charge in [-0.3, -0.25) is 0 Å². The van der Waals surface area contributed by atoms with Crippen molar-refractivity contribution in [1.29, 1.82) is 0 Å². The fraction of sp³-hybridized carbons (Fsp3) is 0.292. The molecule has 0 saturated carbocycles. The minimum atomic E-state index is 0.519. The number of hydrogen-bond acceptors (Lipinski definition) is 8. The Kier molecular flexibility index (Phi) is 7.43. The molecule has 2 aromatic heterocycles. The van der Waals surface area contributed by atoms with Crippen molar-refractivity contribution in [2.24, 2.45) is 0 Å². The van der Waals surface area contributed by atoms with Crippen LogP contribution in [0, 0.1) is 11.8 Å². The number of methoxy groups -OCH3 is 1. The van der Waals surface area contributed by atoms with Gasteiger partial charge in [0, 0.05) is 29.7 Å². The van der Waals surface area contributed by atoms with E-state index in [4.69, 9.17) is 9.47 Å². The highest BCUT2D eigenvalue weighted by atomic mass is 32.2. The zero-order valence-electron chi connectivity index (χ0n) is 18.2. The van der Waals surface area contributed by atoms with Crippen LogP contribution in [0.5, 0.6) is 5.88 Å². The molecule has 1 fully saturated rings. The molecule has 32 heavy (non-hydrogen) atoms. The second-order valence-electron chi connectivity index (χ2n) is 7.02. The molecule has 3 heterocycles. The van der Waals surface area contributed by atoms with Gasteiger partial charge < -0.3 is 19.1 Å². The lowest BCUT2D eigenvalue weighted by atomic mass is 10.1. The third kappa shape index (κ3) is 5.31. The van der Waals surface area contributed by atoms with E-state index in [1.165, 1.54) is 11.9 Å². The Bertz CT molecular complexity index is 1110. The number of benzene rings is 1. The van der Waals surface area contributed by atoms with Crippen LogP contribution in [0.15, 0.2) is 53.8 Å². The highest BCUT2D eigenvalue weighted by molar-refractivity contribution is 8.00. The van der Waals surface area contributed by atoms with Crippen molar-refractivity contribution in [2.45, 2.75) is 18.2 Å². The van der Waals surface area contributed by atoms with Crippen molar-refractivity contribution in [3.05, 3.63) is 65.7 Å². The molecule has 8 heteroatoms. The van der Waals surface area contributed by atoms with Crippen molar-refractivity contribution in [3.8, 4) is 17.7 Å². The Labute approximate surface area is 192 Å². The van der Waals surface area contributed by atoms with Crippen LogP contribution >= 0.6 is 11.9 Å². The molecule has 3 aromatic rings. The third-order valence-electron chi connectivity index (χ3n) is 4.95. The number of hydrogen-bond donors (Lipinski definition) is 1. The summed E-state index contributed by atoms with van der Waals surface area (Å²) in [5.74, 6) is 7.95. The van der Waals surface area contributed by atoms with Gasteiger partial charge in [-0.1, -0.05) is 37.0 Å². The lowest BCUT2D eigenvalue weighted by Gasteiger charge is -2.28. The summed E-state index contributed by atoms with van der Waals surface area (Å²) in [4.78, 5) is 16.7. The van der Waals surface area contributed by atoms with E-state index >= 15 is 0 Å². The highest BCUT2D eigenvalue weighted by Gasteiger charge is 2.18. The molecule has 0 atom stereocenters. The van der Waals surface area contributed by atoms with Crippen molar-refractivity contribution in [3.63, 3.8) is 0 Å². The van der Waals surface area contributed by atoms with Gasteiger partial charge in [0.25, 0.3) is 0 Å². The summed E-state index contributed by atoms with van der Waals surface area (Å²) in [6, 6.07) is 12.0. The van der Waals surface area contributed by atoms with E-state index in [2.05, 4.69) is 43.3 Å². The third-order valence-corrected chi connectivity index (χ3v) is 5.78.